The predicted octanol–water partition coefficient (Wildman–Crippen LogP) is 3.24. The zero-order valence-corrected chi connectivity index (χ0v) is 28.1. The molecule has 12 nitrogen and oxygen atoms in total. The van der Waals surface area contributed by atoms with Crippen molar-refractivity contribution in [2.45, 2.75) is 58.8 Å². The van der Waals surface area contributed by atoms with Crippen molar-refractivity contribution in [3.05, 3.63) is 102 Å². The van der Waals surface area contributed by atoms with E-state index >= 15 is 0 Å². The lowest BCUT2D eigenvalue weighted by Crippen LogP contribution is -2.53. The number of carboxylic acids is 1. The molecule has 4 aromatic rings. The minimum absolute atomic E-state index is 0.0529. The molecule has 12 heteroatoms. The maximum atomic E-state index is 13.5. The number of fused-ring (bicyclic) bond motifs is 1. The molecule has 0 saturated heterocycles. The number of rotatable bonds is 17. The number of aliphatic carboxylic acids is 1. The number of imidazole rings is 1. The first-order chi connectivity index (χ1) is 23.6. The van der Waals surface area contributed by atoms with Crippen molar-refractivity contribution < 1.29 is 24.3 Å². The number of nitrogens with zero attached hydrogens (tertiary/aromatic N) is 4. The molecule has 256 valence electrons. The Labute approximate surface area is 286 Å². The molecular formula is C37H43N7O5. The number of carboxylic acid groups (broad SMARTS) is 1. The van der Waals surface area contributed by atoms with Gasteiger partial charge in [0.25, 0.3) is 0 Å². The molecule has 3 atom stereocenters. The number of aromatic nitrogens is 2. The van der Waals surface area contributed by atoms with E-state index in [0.29, 0.717) is 25.2 Å². The Kier molecular flexibility index (Phi) is 13.0. The highest BCUT2D eigenvalue weighted by molar-refractivity contribution is 5.87. The molecule has 0 spiro atoms. The Balaban J connectivity index is 1.52. The summed E-state index contributed by atoms with van der Waals surface area (Å²) in [6, 6.07) is 21.7. The largest absolute Gasteiger partial charge is 0.480 e. The summed E-state index contributed by atoms with van der Waals surface area (Å²) in [7, 11) is 0. The monoisotopic (exact) mass is 665 g/mol. The van der Waals surface area contributed by atoms with Crippen LogP contribution in [0.4, 0.5) is 0 Å². The van der Waals surface area contributed by atoms with Crippen molar-refractivity contribution in [3.8, 4) is 6.07 Å². The fourth-order valence-corrected chi connectivity index (χ4v) is 5.62. The van der Waals surface area contributed by atoms with E-state index in [-0.39, 0.29) is 37.4 Å². The highest BCUT2D eigenvalue weighted by Crippen LogP contribution is 2.21. The average Bonchev–Trinajstić information content (AvgIpc) is 3.51. The molecule has 4 rings (SSSR count). The van der Waals surface area contributed by atoms with Gasteiger partial charge in [-0.25, -0.2) is 9.78 Å². The van der Waals surface area contributed by atoms with Gasteiger partial charge in [-0.05, 0) is 39.9 Å². The van der Waals surface area contributed by atoms with E-state index in [0.717, 1.165) is 34.0 Å². The van der Waals surface area contributed by atoms with Gasteiger partial charge in [-0.2, -0.15) is 5.26 Å². The maximum absolute atomic E-state index is 13.5. The van der Waals surface area contributed by atoms with E-state index in [1.165, 1.54) is 6.92 Å². The molecule has 0 fully saturated rings. The number of amides is 3. The normalized spacial score (nSPS) is 12.9. The number of hydrogen-bond donors (Lipinski definition) is 4. The summed E-state index contributed by atoms with van der Waals surface area (Å²) in [6.07, 6.45) is 4.20. The first-order valence-corrected chi connectivity index (χ1v) is 16.3. The van der Waals surface area contributed by atoms with Crippen molar-refractivity contribution in [3.63, 3.8) is 0 Å². The number of benzene rings is 3. The Hall–Kier alpha value is -5.54. The lowest BCUT2D eigenvalue weighted by Gasteiger charge is -2.31. The van der Waals surface area contributed by atoms with Gasteiger partial charge in [-0.15, -0.1) is 0 Å². The molecule has 0 aliphatic carbocycles. The summed E-state index contributed by atoms with van der Waals surface area (Å²) in [5.74, 6) is -2.31. The minimum atomic E-state index is -1.30. The van der Waals surface area contributed by atoms with Crippen LogP contribution in [-0.4, -0.2) is 75.0 Å². The molecule has 3 amide bonds. The third kappa shape index (κ3) is 10.7. The predicted molar refractivity (Wildman–Crippen MR) is 185 cm³/mol. The van der Waals surface area contributed by atoms with Gasteiger partial charge in [0.05, 0.1) is 30.9 Å². The standard InChI is InChI=1S/C37H43N7O5/c1-4-25(2)34(42-35(46)16-31-18-39-24-44(31)20-28-14-12-27(17-38)13-15-28)22-43(21-30-10-7-9-29-8-5-6-11-32(29)30)23-36(47)41-33(37(48)49)19-40-26(3)45/h5-15,18,24-25,33-34H,4,16,19-23H2,1-3H3,(H,40,45)(H,41,47)(H,42,46)(H,48,49)/t25?,33-,34+/m0/s1. The maximum Gasteiger partial charge on any atom is 0.328 e. The Morgan fingerprint density at radius 2 is 1.73 bits per heavy atom. The second-order valence-corrected chi connectivity index (χ2v) is 12.3. The molecule has 0 aliphatic heterocycles. The summed E-state index contributed by atoms with van der Waals surface area (Å²) >= 11 is 0. The van der Waals surface area contributed by atoms with E-state index in [9.17, 15) is 24.3 Å². The average molecular weight is 666 g/mol. The summed E-state index contributed by atoms with van der Waals surface area (Å²) in [5.41, 5.74) is 3.26. The van der Waals surface area contributed by atoms with Gasteiger partial charge in [0.2, 0.25) is 17.7 Å². The van der Waals surface area contributed by atoms with Crippen molar-refractivity contribution in [1.82, 2.24) is 30.4 Å². The highest BCUT2D eigenvalue weighted by Gasteiger charge is 2.26. The third-order valence-electron chi connectivity index (χ3n) is 8.54. The number of nitriles is 1. The Morgan fingerprint density at radius 3 is 2.43 bits per heavy atom. The molecule has 0 saturated carbocycles. The topological polar surface area (TPSA) is 169 Å². The summed E-state index contributed by atoms with van der Waals surface area (Å²) in [6.45, 7) is 6.18. The molecule has 1 aromatic heterocycles. The van der Waals surface area contributed by atoms with E-state index in [1.807, 2.05) is 77.9 Å². The molecule has 0 radical (unpaired) electrons. The molecular weight excluding hydrogens is 622 g/mol. The van der Waals surface area contributed by atoms with Crippen LogP contribution < -0.4 is 16.0 Å². The van der Waals surface area contributed by atoms with Gasteiger partial charge < -0.3 is 25.6 Å². The number of carbonyl (C=O) groups excluding carboxylic acids is 3. The Morgan fingerprint density at radius 1 is 1.00 bits per heavy atom. The van der Waals surface area contributed by atoms with E-state index < -0.39 is 23.8 Å². The van der Waals surface area contributed by atoms with Crippen molar-refractivity contribution in [2.75, 3.05) is 19.6 Å². The molecule has 49 heavy (non-hydrogen) atoms. The summed E-state index contributed by atoms with van der Waals surface area (Å²) in [5, 5.41) is 29.0. The van der Waals surface area contributed by atoms with Crippen LogP contribution in [0, 0.1) is 17.2 Å². The van der Waals surface area contributed by atoms with Crippen LogP contribution in [-0.2, 0) is 38.7 Å². The van der Waals surface area contributed by atoms with Crippen LogP contribution >= 0.6 is 0 Å². The number of carbonyl (C=O) groups is 4. The Bertz CT molecular complexity index is 1790. The van der Waals surface area contributed by atoms with Crippen LogP contribution in [0.5, 0.6) is 0 Å². The van der Waals surface area contributed by atoms with Crippen molar-refractivity contribution in [2.24, 2.45) is 5.92 Å². The zero-order valence-electron chi connectivity index (χ0n) is 28.1. The summed E-state index contributed by atoms with van der Waals surface area (Å²) < 4.78 is 1.90. The molecule has 0 bridgehead atoms. The first-order valence-electron chi connectivity index (χ1n) is 16.3. The highest BCUT2D eigenvalue weighted by atomic mass is 16.4. The lowest BCUT2D eigenvalue weighted by molar-refractivity contribution is -0.142. The van der Waals surface area contributed by atoms with Crippen molar-refractivity contribution >= 4 is 34.5 Å². The van der Waals surface area contributed by atoms with Gasteiger partial charge in [-0.3, -0.25) is 19.3 Å². The van der Waals surface area contributed by atoms with Gasteiger partial charge in [0.1, 0.15) is 6.04 Å². The van der Waals surface area contributed by atoms with Crippen LogP contribution in [0.2, 0.25) is 0 Å². The first kappa shape index (κ1) is 36.3. The van der Waals surface area contributed by atoms with Crippen LogP contribution in [0.25, 0.3) is 10.8 Å². The van der Waals surface area contributed by atoms with Crippen LogP contribution in [0.3, 0.4) is 0 Å². The van der Waals surface area contributed by atoms with Crippen LogP contribution in [0.15, 0.2) is 79.3 Å². The summed E-state index contributed by atoms with van der Waals surface area (Å²) in [4.78, 5) is 56.2. The van der Waals surface area contributed by atoms with E-state index in [4.69, 9.17) is 5.26 Å². The SMILES string of the molecule is CCC(C)[C@@H](CN(CC(=O)N[C@@H](CNC(C)=O)C(=O)O)Cc1cccc2ccccc12)NC(=O)Cc1cncn1Cc1ccc(C#N)cc1. The third-order valence-corrected chi connectivity index (χ3v) is 8.54. The smallest absolute Gasteiger partial charge is 0.328 e. The molecule has 3 aromatic carbocycles. The van der Waals surface area contributed by atoms with E-state index in [1.54, 1.807) is 24.7 Å². The quantitative estimate of drug-likeness (QED) is 0.133. The van der Waals surface area contributed by atoms with Crippen LogP contribution in [0.1, 0.15) is 49.6 Å². The number of hydrogen-bond acceptors (Lipinski definition) is 7. The van der Waals surface area contributed by atoms with Gasteiger partial charge in [0.15, 0.2) is 0 Å². The fourth-order valence-electron chi connectivity index (χ4n) is 5.62. The minimum Gasteiger partial charge on any atom is -0.480 e. The van der Waals surface area contributed by atoms with E-state index in [2.05, 4.69) is 27.0 Å². The van der Waals surface area contributed by atoms with Crippen molar-refractivity contribution in [1.29, 1.82) is 5.26 Å². The molecule has 0 aliphatic rings. The molecule has 4 N–H and O–H groups in total. The molecule has 1 heterocycles. The second-order valence-electron chi connectivity index (χ2n) is 12.3. The fraction of sp³-hybridized carbons (Fsp3) is 0.351. The number of nitrogens with one attached hydrogen (secondary N) is 3. The second kappa shape index (κ2) is 17.6. The lowest BCUT2D eigenvalue weighted by atomic mass is 9.97. The van der Waals surface area contributed by atoms with Gasteiger partial charge in [0, 0.05) is 51.0 Å². The van der Waals surface area contributed by atoms with Gasteiger partial charge in [-0.1, -0.05) is 74.9 Å². The van der Waals surface area contributed by atoms with Gasteiger partial charge >= 0.3 is 5.97 Å². The molecule has 1 unspecified atom stereocenters. The zero-order chi connectivity index (χ0) is 35.3.